The van der Waals surface area contributed by atoms with E-state index in [-0.39, 0.29) is 11.3 Å². The van der Waals surface area contributed by atoms with Crippen LogP contribution in [0.5, 0.6) is 11.5 Å². The zero-order chi connectivity index (χ0) is 22.9. The Morgan fingerprint density at radius 3 is 2.19 bits per heavy atom. The lowest BCUT2D eigenvalue weighted by Crippen LogP contribution is -2.65. The van der Waals surface area contributed by atoms with Gasteiger partial charge in [-0.15, -0.1) is 0 Å². The standard InChI is InChI=1S/C17H22O2.C9H11NO3/c18-17(19)15-7-13-6-14(8-15)11-16(17,10-13)9-12-4-2-1-3-5-12;1-12-7-5-3-4-6(9(10)11)8(7)13-2/h1-5,13-15,18-19H,6-11H2;3-5H,1-2H3,(H2,10,11). The summed E-state index contributed by atoms with van der Waals surface area (Å²) < 4.78 is 10.00. The van der Waals surface area contributed by atoms with Gasteiger partial charge in [-0.05, 0) is 68.1 Å². The molecular weight excluding hydrogens is 406 g/mol. The molecule has 2 unspecified atom stereocenters. The highest BCUT2D eigenvalue weighted by atomic mass is 16.5. The molecule has 32 heavy (non-hydrogen) atoms. The number of para-hydroxylation sites is 1. The molecule has 0 radical (unpaired) electrons. The van der Waals surface area contributed by atoms with Crippen LogP contribution < -0.4 is 15.2 Å². The molecule has 2 atom stereocenters. The fourth-order valence-corrected chi connectivity index (χ4v) is 6.49. The van der Waals surface area contributed by atoms with Crippen LogP contribution in [0.1, 0.15) is 48.0 Å². The number of hydrogen-bond acceptors (Lipinski definition) is 5. The smallest absolute Gasteiger partial charge is 0.252 e. The Labute approximate surface area is 189 Å². The second-order valence-corrected chi connectivity index (χ2v) is 9.62. The first-order chi connectivity index (χ1) is 15.3. The maximum atomic E-state index is 10.9. The van der Waals surface area contributed by atoms with Crippen LogP contribution in [0.4, 0.5) is 0 Å². The summed E-state index contributed by atoms with van der Waals surface area (Å²) in [7, 11) is 2.97. The molecule has 4 aliphatic carbocycles. The van der Waals surface area contributed by atoms with Crippen LogP contribution in [-0.4, -0.2) is 36.1 Å². The molecule has 172 valence electrons. The number of carbonyl (C=O) groups is 1. The molecule has 4 aliphatic rings. The van der Waals surface area contributed by atoms with E-state index < -0.39 is 11.7 Å². The second kappa shape index (κ2) is 8.75. The number of hydrogen-bond donors (Lipinski definition) is 3. The van der Waals surface area contributed by atoms with Crippen molar-refractivity contribution in [2.45, 2.75) is 44.3 Å². The van der Waals surface area contributed by atoms with Crippen molar-refractivity contribution in [1.29, 1.82) is 0 Å². The quantitative estimate of drug-likeness (QED) is 0.619. The summed E-state index contributed by atoms with van der Waals surface area (Å²) >= 11 is 0. The molecule has 2 aromatic carbocycles. The average Bonchev–Trinajstić information content (AvgIpc) is 2.77. The summed E-state index contributed by atoms with van der Waals surface area (Å²) in [6.07, 6.45) is 6.21. The first-order valence-electron chi connectivity index (χ1n) is 11.3. The summed E-state index contributed by atoms with van der Waals surface area (Å²) in [5.41, 5.74) is 6.42. The Morgan fingerprint density at radius 1 is 0.969 bits per heavy atom. The van der Waals surface area contributed by atoms with Gasteiger partial charge in [-0.3, -0.25) is 4.79 Å². The molecule has 1 amide bonds. The third kappa shape index (κ3) is 3.97. The van der Waals surface area contributed by atoms with Crippen molar-refractivity contribution in [1.82, 2.24) is 0 Å². The molecule has 0 aromatic heterocycles. The molecule has 4 bridgehead atoms. The fraction of sp³-hybridized carbons (Fsp3) is 0.500. The van der Waals surface area contributed by atoms with E-state index in [0.29, 0.717) is 17.1 Å². The summed E-state index contributed by atoms with van der Waals surface area (Å²) in [5.74, 6) is 0.466. The molecule has 6 rings (SSSR count). The molecule has 6 nitrogen and oxygen atoms in total. The number of carbonyl (C=O) groups excluding carboxylic acids is 1. The Hall–Kier alpha value is -2.57. The SMILES string of the molecule is COc1cccc(C(N)=O)c1OC.OC1(O)C2CC3CC(C2)CC1(Cc1ccccc1)C3. The van der Waals surface area contributed by atoms with Crippen LogP contribution >= 0.6 is 0 Å². The zero-order valence-corrected chi connectivity index (χ0v) is 18.8. The molecule has 4 saturated carbocycles. The van der Waals surface area contributed by atoms with Crippen molar-refractivity contribution < 1.29 is 24.5 Å². The molecule has 6 heteroatoms. The molecule has 0 aliphatic heterocycles. The predicted octanol–water partition coefficient (Wildman–Crippen LogP) is 3.54. The van der Waals surface area contributed by atoms with Gasteiger partial charge in [0, 0.05) is 11.3 Å². The summed E-state index contributed by atoms with van der Waals surface area (Å²) in [4.78, 5) is 10.9. The van der Waals surface area contributed by atoms with Gasteiger partial charge in [-0.25, -0.2) is 0 Å². The topological polar surface area (TPSA) is 102 Å². The second-order valence-electron chi connectivity index (χ2n) is 9.62. The molecule has 0 heterocycles. The maximum Gasteiger partial charge on any atom is 0.252 e. The zero-order valence-electron chi connectivity index (χ0n) is 18.8. The van der Waals surface area contributed by atoms with E-state index in [0.717, 1.165) is 43.9 Å². The van der Waals surface area contributed by atoms with E-state index in [1.807, 2.05) is 18.2 Å². The first kappa shape index (κ1) is 22.6. The number of methoxy groups -OCH3 is 2. The van der Waals surface area contributed by atoms with Crippen molar-refractivity contribution in [2.75, 3.05) is 14.2 Å². The maximum absolute atomic E-state index is 10.9. The minimum atomic E-state index is -1.45. The van der Waals surface area contributed by atoms with Gasteiger partial charge in [0.15, 0.2) is 17.3 Å². The van der Waals surface area contributed by atoms with Crippen molar-refractivity contribution in [3.05, 3.63) is 59.7 Å². The van der Waals surface area contributed by atoms with E-state index in [2.05, 4.69) is 12.1 Å². The third-order valence-corrected chi connectivity index (χ3v) is 7.66. The van der Waals surface area contributed by atoms with Gasteiger partial charge >= 0.3 is 0 Å². The molecule has 4 fully saturated rings. The van der Waals surface area contributed by atoms with Crippen LogP contribution in [0.15, 0.2) is 48.5 Å². The minimum Gasteiger partial charge on any atom is -0.493 e. The molecular formula is C26H33NO5. The predicted molar refractivity (Wildman–Crippen MR) is 121 cm³/mol. The van der Waals surface area contributed by atoms with Gasteiger partial charge in [0.2, 0.25) is 0 Å². The minimum absolute atomic E-state index is 0.113. The first-order valence-corrected chi connectivity index (χ1v) is 11.3. The van der Waals surface area contributed by atoms with Gasteiger partial charge in [0.1, 0.15) is 0 Å². The molecule has 0 saturated heterocycles. The van der Waals surface area contributed by atoms with E-state index in [9.17, 15) is 15.0 Å². The normalized spacial score (nSPS) is 29.1. The number of ether oxygens (including phenoxy) is 2. The highest BCUT2D eigenvalue weighted by molar-refractivity contribution is 5.96. The summed E-state index contributed by atoms with van der Waals surface area (Å²) in [5, 5.41) is 21.5. The highest BCUT2D eigenvalue weighted by Gasteiger charge is 2.64. The lowest BCUT2D eigenvalue weighted by molar-refractivity contribution is -0.336. The monoisotopic (exact) mass is 439 g/mol. The Kier molecular flexibility index (Phi) is 6.19. The van der Waals surface area contributed by atoms with Crippen LogP contribution in [0.3, 0.4) is 0 Å². The summed E-state index contributed by atoms with van der Waals surface area (Å²) in [6, 6.07) is 15.3. The third-order valence-electron chi connectivity index (χ3n) is 7.66. The Morgan fingerprint density at radius 2 is 1.62 bits per heavy atom. The van der Waals surface area contributed by atoms with Crippen LogP contribution in [0, 0.1) is 23.2 Å². The van der Waals surface area contributed by atoms with Crippen LogP contribution in [0.2, 0.25) is 0 Å². The molecule has 0 spiro atoms. The highest BCUT2D eigenvalue weighted by Crippen LogP contribution is 2.64. The van der Waals surface area contributed by atoms with Crippen molar-refractivity contribution >= 4 is 5.91 Å². The molecule has 2 aromatic rings. The van der Waals surface area contributed by atoms with Gasteiger partial charge in [-0.1, -0.05) is 36.4 Å². The van der Waals surface area contributed by atoms with Gasteiger partial charge in [0.25, 0.3) is 5.91 Å². The van der Waals surface area contributed by atoms with Crippen LogP contribution in [-0.2, 0) is 6.42 Å². The van der Waals surface area contributed by atoms with E-state index in [4.69, 9.17) is 15.2 Å². The fourth-order valence-electron chi connectivity index (χ4n) is 6.49. The molecule has 4 N–H and O–H groups in total. The van der Waals surface area contributed by atoms with Crippen molar-refractivity contribution in [3.63, 3.8) is 0 Å². The van der Waals surface area contributed by atoms with Crippen molar-refractivity contribution in [2.24, 2.45) is 28.9 Å². The number of benzene rings is 2. The Bertz CT molecular complexity index is 944. The van der Waals surface area contributed by atoms with Gasteiger partial charge in [-0.2, -0.15) is 0 Å². The lowest BCUT2D eigenvalue weighted by atomic mass is 9.45. The van der Waals surface area contributed by atoms with E-state index in [1.165, 1.54) is 26.2 Å². The number of aliphatic hydroxyl groups is 2. The average molecular weight is 440 g/mol. The number of nitrogens with two attached hydrogens (primary N) is 1. The van der Waals surface area contributed by atoms with Crippen molar-refractivity contribution in [3.8, 4) is 11.5 Å². The van der Waals surface area contributed by atoms with Gasteiger partial charge in [0.05, 0.1) is 19.8 Å². The van der Waals surface area contributed by atoms with E-state index >= 15 is 0 Å². The number of rotatable bonds is 5. The largest absolute Gasteiger partial charge is 0.493 e. The van der Waals surface area contributed by atoms with E-state index in [1.54, 1.807) is 18.2 Å². The van der Waals surface area contributed by atoms with Crippen LogP contribution in [0.25, 0.3) is 0 Å². The number of amides is 1. The number of primary amides is 1. The lowest BCUT2D eigenvalue weighted by Gasteiger charge is -2.63. The van der Waals surface area contributed by atoms with Gasteiger partial charge < -0.3 is 25.4 Å². The Balaban J connectivity index is 0.000000166. The summed E-state index contributed by atoms with van der Waals surface area (Å²) in [6.45, 7) is 0.